The third-order valence-corrected chi connectivity index (χ3v) is 1.98. The van der Waals surface area contributed by atoms with Crippen molar-refractivity contribution >= 4 is 5.97 Å². The first kappa shape index (κ1) is 13.4. The van der Waals surface area contributed by atoms with Crippen molar-refractivity contribution in [2.45, 2.75) is 25.6 Å². The number of hydrogen-bond donors (Lipinski definition) is 2. The Hall–Kier alpha value is -1.64. The molecule has 0 fully saturated rings. The number of aryl methyl sites for hydroxylation is 1. The number of alkyl halides is 3. The van der Waals surface area contributed by atoms with Gasteiger partial charge >= 0.3 is 12.1 Å². The standard InChI is InChI=1S/C8H10F3N3O3/c9-8(10,11)6-5(7(16)17)12-13-14(6)3-1-2-4-15/h15H,1-4H2,(H,16,17). The average Bonchev–Trinajstić information content (AvgIpc) is 2.61. The molecule has 1 rings (SSSR count). The number of unbranched alkanes of at least 4 members (excludes halogenated alkanes) is 1. The highest BCUT2D eigenvalue weighted by Crippen LogP contribution is 2.31. The molecule has 96 valence electrons. The van der Waals surface area contributed by atoms with Gasteiger partial charge in [0.1, 0.15) is 0 Å². The Morgan fingerprint density at radius 2 is 2.00 bits per heavy atom. The van der Waals surface area contributed by atoms with Crippen molar-refractivity contribution in [2.75, 3.05) is 6.61 Å². The summed E-state index contributed by atoms with van der Waals surface area (Å²) in [5.74, 6) is -1.77. The Balaban J connectivity index is 3.01. The molecule has 9 heteroatoms. The number of aromatic carboxylic acids is 1. The predicted octanol–water partition coefficient (Wildman–Crippen LogP) is 0.768. The van der Waals surface area contributed by atoms with Crippen LogP contribution >= 0.6 is 0 Å². The van der Waals surface area contributed by atoms with Crippen LogP contribution in [-0.4, -0.2) is 37.8 Å². The van der Waals surface area contributed by atoms with Gasteiger partial charge in [-0.25, -0.2) is 9.48 Å². The first-order valence-electron chi connectivity index (χ1n) is 4.72. The second-order valence-corrected chi connectivity index (χ2v) is 3.24. The number of rotatable bonds is 5. The topological polar surface area (TPSA) is 88.2 Å². The van der Waals surface area contributed by atoms with Gasteiger partial charge in [-0.3, -0.25) is 0 Å². The van der Waals surface area contributed by atoms with Gasteiger partial charge in [-0.2, -0.15) is 13.2 Å². The number of nitrogens with zero attached hydrogens (tertiary/aromatic N) is 3. The number of carboxylic acids is 1. The lowest BCUT2D eigenvalue weighted by atomic mass is 10.3. The third kappa shape index (κ3) is 3.16. The summed E-state index contributed by atoms with van der Waals surface area (Å²) in [6.07, 6.45) is -4.27. The second-order valence-electron chi connectivity index (χ2n) is 3.24. The van der Waals surface area contributed by atoms with E-state index in [0.29, 0.717) is 11.1 Å². The van der Waals surface area contributed by atoms with Crippen molar-refractivity contribution in [3.8, 4) is 0 Å². The molecule has 1 heterocycles. The quantitative estimate of drug-likeness (QED) is 0.756. The fraction of sp³-hybridized carbons (Fsp3) is 0.625. The van der Waals surface area contributed by atoms with Gasteiger partial charge in [0, 0.05) is 13.2 Å². The molecule has 0 aliphatic rings. The number of aliphatic hydroxyl groups excluding tert-OH is 1. The van der Waals surface area contributed by atoms with Crippen molar-refractivity contribution in [1.82, 2.24) is 15.0 Å². The molecule has 0 spiro atoms. The van der Waals surface area contributed by atoms with E-state index in [9.17, 15) is 18.0 Å². The summed E-state index contributed by atoms with van der Waals surface area (Å²) < 4.78 is 38.3. The lowest BCUT2D eigenvalue weighted by Crippen LogP contribution is -2.18. The van der Waals surface area contributed by atoms with E-state index < -0.39 is 23.5 Å². The van der Waals surface area contributed by atoms with E-state index in [-0.39, 0.29) is 19.6 Å². The van der Waals surface area contributed by atoms with Gasteiger partial charge in [-0.1, -0.05) is 5.21 Å². The summed E-state index contributed by atoms with van der Waals surface area (Å²) in [5, 5.41) is 23.2. The molecule has 0 unspecified atom stereocenters. The van der Waals surface area contributed by atoms with Crippen LogP contribution in [0.1, 0.15) is 29.0 Å². The van der Waals surface area contributed by atoms with Gasteiger partial charge in [0.15, 0.2) is 5.69 Å². The molecule has 0 aliphatic carbocycles. The second kappa shape index (κ2) is 5.13. The van der Waals surface area contributed by atoms with Crippen LogP contribution in [0.25, 0.3) is 0 Å². The Labute approximate surface area is 93.7 Å². The first-order valence-corrected chi connectivity index (χ1v) is 4.72. The summed E-state index contributed by atoms with van der Waals surface area (Å²) in [4.78, 5) is 10.6. The average molecular weight is 253 g/mol. The van der Waals surface area contributed by atoms with E-state index >= 15 is 0 Å². The summed E-state index contributed by atoms with van der Waals surface area (Å²) in [6.45, 7) is -0.294. The van der Waals surface area contributed by atoms with Crippen LogP contribution in [0, 0.1) is 0 Å². The van der Waals surface area contributed by atoms with Crippen LogP contribution in [0.3, 0.4) is 0 Å². The molecular weight excluding hydrogens is 243 g/mol. The van der Waals surface area contributed by atoms with E-state index in [1.807, 2.05) is 0 Å². The molecule has 17 heavy (non-hydrogen) atoms. The monoisotopic (exact) mass is 253 g/mol. The largest absolute Gasteiger partial charge is 0.476 e. The fourth-order valence-corrected chi connectivity index (χ4v) is 1.27. The van der Waals surface area contributed by atoms with Crippen LogP contribution < -0.4 is 0 Å². The van der Waals surface area contributed by atoms with Crippen molar-refractivity contribution in [3.63, 3.8) is 0 Å². The van der Waals surface area contributed by atoms with Gasteiger partial charge in [-0.15, -0.1) is 5.10 Å². The zero-order valence-electron chi connectivity index (χ0n) is 8.61. The molecule has 2 N–H and O–H groups in total. The lowest BCUT2D eigenvalue weighted by Gasteiger charge is -2.09. The molecular formula is C8H10F3N3O3. The molecule has 1 aromatic rings. The highest BCUT2D eigenvalue weighted by atomic mass is 19.4. The molecule has 0 atom stereocenters. The summed E-state index contributed by atoms with van der Waals surface area (Å²) in [6, 6.07) is 0. The summed E-state index contributed by atoms with van der Waals surface area (Å²) in [5.41, 5.74) is -2.48. The maximum Gasteiger partial charge on any atom is 0.435 e. The number of carboxylic acid groups (broad SMARTS) is 1. The molecule has 0 aromatic carbocycles. The molecule has 0 aliphatic heterocycles. The summed E-state index contributed by atoms with van der Waals surface area (Å²) in [7, 11) is 0. The zero-order chi connectivity index (χ0) is 13.1. The molecule has 0 saturated carbocycles. The van der Waals surface area contributed by atoms with Crippen molar-refractivity contribution in [1.29, 1.82) is 0 Å². The number of aliphatic hydroxyl groups is 1. The lowest BCUT2D eigenvalue weighted by molar-refractivity contribution is -0.144. The minimum Gasteiger partial charge on any atom is -0.476 e. The first-order chi connectivity index (χ1) is 7.88. The molecule has 6 nitrogen and oxygen atoms in total. The van der Waals surface area contributed by atoms with Crippen LogP contribution in [-0.2, 0) is 12.7 Å². The van der Waals surface area contributed by atoms with E-state index in [4.69, 9.17) is 10.2 Å². The van der Waals surface area contributed by atoms with Crippen LogP contribution in [0.15, 0.2) is 0 Å². The Kier molecular flexibility index (Phi) is 4.05. The maximum absolute atomic E-state index is 12.6. The number of carbonyl (C=O) groups is 1. The SMILES string of the molecule is O=C(O)c1nnn(CCCCO)c1C(F)(F)F. The molecule has 1 aromatic heterocycles. The fourth-order valence-electron chi connectivity index (χ4n) is 1.27. The van der Waals surface area contributed by atoms with Crippen LogP contribution in [0.5, 0.6) is 0 Å². The van der Waals surface area contributed by atoms with E-state index in [1.54, 1.807) is 0 Å². The van der Waals surface area contributed by atoms with E-state index in [0.717, 1.165) is 0 Å². The van der Waals surface area contributed by atoms with Gasteiger partial charge in [0.05, 0.1) is 0 Å². The van der Waals surface area contributed by atoms with Crippen LogP contribution in [0.2, 0.25) is 0 Å². The highest BCUT2D eigenvalue weighted by molar-refractivity contribution is 5.86. The van der Waals surface area contributed by atoms with Crippen LogP contribution in [0.4, 0.5) is 13.2 Å². The molecule has 0 bridgehead atoms. The minimum absolute atomic E-state index is 0.143. The van der Waals surface area contributed by atoms with Gasteiger partial charge in [-0.05, 0) is 12.8 Å². The summed E-state index contributed by atoms with van der Waals surface area (Å²) >= 11 is 0. The smallest absolute Gasteiger partial charge is 0.435 e. The number of halogens is 3. The normalized spacial score (nSPS) is 11.8. The Morgan fingerprint density at radius 3 is 2.47 bits per heavy atom. The number of aromatic nitrogens is 3. The minimum atomic E-state index is -4.82. The zero-order valence-corrected chi connectivity index (χ0v) is 8.61. The Bertz CT molecular complexity index is 402. The predicted molar refractivity (Wildman–Crippen MR) is 48.3 cm³/mol. The van der Waals surface area contributed by atoms with Gasteiger partial charge < -0.3 is 10.2 Å². The Morgan fingerprint density at radius 1 is 1.35 bits per heavy atom. The van der Waals surface area contributed by atoms with Crippen molar-refractivity contribution in [3.05, 3.63) is 11.4 Å². The maximum atomic E-state index is 12.6. The molecule has 0 amide bonds. The molecule has 0 saturated heterocycles. The third-order valence-electron chi connectivity index (χ3n) is 1.98. The van der Waals surface area contributed by atoms with Gasteiger partial charge in [0.2, 0.25) is 5.69 Å². The number of hydrogen-bond acceptors (Lipinski definition) is 4. The molecule has 0 radical (unpaired) electrons. The van der Waals surface area contributed by atoms with Gasteiger partial charge in [0.25, 0.3) is 0 Å². The van der Waals surface area contributed by atoms with E-state index in [1.165, 1.54) is 0 Å². The van der Waals surface area contributed by atoms with Crippen molar-refractivity contribution < 1.29 is 28.2 Å². The van der Waals surface area contributed by atoms with E-state index in [2.05, 4.69) is 10.3 Å². The highest BCUT2D eigenvalue weighted by Gasteiger charge is 2.41. The van der Waals surface area contributed by atoms with Crippen molar-refractivity contribution in [2.24, 2.45) is 0 Å².